The van der Waals surface area contributed by atoms with Gasteiger partial charge in [0, 0.05) is 22.2 Å². The zero-order chi connectivity index (χ0) is 25.6. The largest absolute Gasteiger partial charge is 0.496 e. The summed E-state index contributed by atoms with van der Waals surface area (Å²) in [6.45, 7) is 1.62. The van der Waals surface area contributed by atoms with E-state index < -0.39 is 34.5 Å². The van der Waals surface area contributed by atoms with Crippen molar-refractivity contribution in [3.63, 3.8) is 0 Å². The number of hydrogen-bond acceptors (Lipinski definition) is 9. The number of fused-ring (bicyclic) bond motifs is 2. The van der Waals surface area contributed by atoms with Crippen molar-refractivity contribution < 1.29 is 23.7 Å². The number of nitriles is 3. The summed E-state index contributed by atoms with van der Waals surface area (Å²) in [5.41, 5.74) is -3.46. The van der Waals surface area contributed by atoms with E-state index in [1.54, 1.807) is 31.2 Å². The molecule has 2 aromatic rings. The molecule has 0 amide bonds. The maximum Gasteiger partial charge on any atom is 0.244 e. The van der Waals surface area contributed by atoms with Crippen LogP contribution in [0.25, 0.3) is 0 Å². The molecule has 0 aromatic heterocycles. The van der Waals surface area contributed by atoms with Gasteiger partial charge in [-0.3, -0.25) is 5.41 Å². The lowest BCUT2D eigenvalue weighted by Gasteiger charge is -2.49. The SMILES string of the molecule is COc1cc(OC)c(C2OC3(c4cccc(Cl)c4)OC(=N)C(C#N)(C3C)C2(C#N)C#N)cc1OC. The van der Waals surface area contributed by atoms with Gasteiger partial charge in [0.25, 0.3) is 0 Å². The molecule has 1 N–H and O–H groups in total. The van der Waals surface area contributed by atoms with Crippen molar-refractivity contribution in [2.24, 2.45) is 16.7 Å². The average molecular weight is 493 g/mol. The topological polar surface area (TPSA) is 141 Å². The molecule has 2 aliphatic rings. The summed E-state index contributed by atoms with van der Waals surface area (Å²) in [5.74, 6) is -2.26. The highest BCUT2D eigenvalue weighted by molar-refractivity contribution is 6.30. The molecule has 2 aromatic carbocycles. The van der Waals surface area contributed by atoms with Crippen molar-refractivity contribution >= 4 is 17.5 Å². The first-order valence-electron chi connectivity index (χ1n) is 10.5. The predicted molar refractivity (Wildman–Crippen MR) is 123 cm³/mol. The van der Waals surface area contributed by atoms with Crippen LogP contribution in [0.5, 0.6) is 17.2 Å². The van der Waals surface area contributed by atoms with E-state index >= 15 is 0 Å². The molecule has 4 rings (SSSR count). The van der Waals surface area contributed by atoms with Gasteiger partial charge >= 0.3 is 0 Å². The number of benzene rings is 2. The maximum absolute atomic E-state index is 10.5. The Morgan fingerprint density at radius 3 is 2.11 bits per heavy atom. The van der Waals surface area contributed by atoms with E-state index in [1.807, 2.05) is 12.1 Å². The lowest BCUT2D eigenvalue weighted by Crippen LogP contribution is -2.57. The molecule has 2 heterocycles. The number of ether oxygens (including phenoxy) is 5. The Labute approximate surface area is 207 Å². The molecule has 4 unspecified atom stereocenters. The van der Waals surface area contributed by atoms with Gasteiger partial charge in [-0.25, -0.2) is 0 Å². The molecule has 2 saturated heterocycles. The lowest BCUT2D eigenvalue weighted by atomic mass is 9.53. The van der Waals surface area contributed by atoms with Crippen molar-refractivity contribution in [1.29, 1.82) is 21.2 Å². The average Bonchev–Trinajstić information content (AvgIpc) is 3.04. The summed E-state index contributed by atoms with van der Waals surface area (Å²) in [6.07, 6.45) is -1.38. The molecule has 2 fully saturated rings. The summed E-state index contributed by atoms with van der Waals surface area (Å²) in [7, 11) is 4.31. The van der Waals surface area contributed by atoms with Gasteiger partial charge in [0.15, 0.2) is 16.9 Å². The summed E-state index contributed by atoms with van der Waals surface area (Å²) in [4.78, 5) is 0. The number of nitrogens with one attached hydrogen (secondary N) is 1. The van der Waals surface area contributed by atoms with Gasteiger partial charge in [-0.1, -0.05) is 30.7 Å². The first kappa shape index (κ1) is 24.2. The number of hydrogen-bond donors (Lipinski definition) is 1. The summed E-state index contributed by atoms with van der Waals surface area (Å²) >= 11 is 6.25. The van der Waals surface area contributed by atoms with Crippen LogP contribution in [0, 0.1) is 56.2 Å². The third kappa shape index (κ3) is 2.91. The fraction of sp³-hybridized carbons (Fsp3) is 0.360. The third-order valence-corrected chi connectivity index (χ3v) is 7.15. The zero-order valence-corrected chi connectivity index (χ0v) is 20.1. The minimum Gasteiger partial charge on any atom is -0.496 e. The summed E-state index contributed by atoms with van der Waals surface area (Å²) in [5, 5.41) is 40.4. The van der Waals surface area contributed by atoms with Crippen LogP contribution in [0.15, 0.2) is 36.4 Å². The number of rotatable bonds is 5. The van der Waals surface area contributed by atoms with Gasteiger partial charge in [0.1, 0.15) is 11.9 Å². The van der Waals surface area contributed by atoms with E-state index in [9.17, 15) is 15.8 Å². The van der Waals surface area contributed by atoms with Gasteiger partial charge in [0.2, 0.25) is 17.1 Å². The van der Waals surface area contributed by atoms with Gasteiger partial charge in [0.05, 0.1) is 45.5 Å². The second-order valence-electron chi connectivity index (χ2n) is 8.23. The van der Waals surface area contributed by atoms with Crippen molar-refractivity contribution in [2.45, 2.75) is 18.8 Å². The molecule has 9 nitrogen and oxygen atoms in total. The molecule has 35 heavy (non-hydrogen) atoms. The Hall–Kier alpha value is -3.97. The molecule has 0 radical (unpaired) electrons. The van der Waals surface area contributed by atoms with Crippen molar-refractivity contribution in [3.05, 3.63) is 52.5 Å². The number of methoxy groups -OCH3 is 3. The normalized spacial score (nSPS) is 28.1. The minimum absolute atomic E-state index is 0.234. The van der Waals surface area contributed by atoms with Crippen molar-refractivity contribution in [3.8, 4) is 35.5 Å². The van der Waals surface area contributed by atoms with Crippen LogP contribution in [-0.2, 0) is 15.3 Å². The Bertz CT molecular complexity index is 1330. The smallest absolute Gasteiger partial charge is 0.244 e. The molecule has 10 heteroatoms. The first-order chi connectivity index (χ1) is 16.7. The van der Waals surface area contributed by atoms with E-state index in [2.05, 4.69) is 6.07 Å². The van der Waals surface area contributed by atoms with Crippen LogP contribution < -0.4 is 14.2 Å². The van der Waals surface area contributed by atoms with Gasteiger partial charge in [-0.2, -0.15) is 15.8 Å². The quantitative estimate of drug-likeness (QED) is 0.643. The summed E-state index contributed by atoms with van der Waals surface area (Å²) in [6, 6.07) is 15.8. The van der Waals surface area contributed by atoms with E-state index in [0.29, 0.717) is 22.1 Å². The van der Waals surface area contributed by atoms with Crippen LogP contribution >= 0.6 is 11.6 Å². The predicted octanol–water partition coefficient (Wildman–Crippen LogP) is 4.48. The molecule has 0 spiro atoms. The highest BCUT2D eigenvalue weighted by Crippen LogP contribution is 2.69. The fourth-order valence-corrected chi connectivity index (χ4v) is 5.30. The molecule has 2 bridgehead atoms. The zero-order valence-electron chi connectivity index (χ0n) is 19.4. The Balaban J connectivity index is 2.09. The molecular formula is C25H21ClN4O5. The van der Waals surface area contributed by atoms with E-state index in [0.717, 1.165) is 0 Å². The molecular weight excluding hydrogens is 472 g/mol. The molecule has 178 valence electrons. The van der Waals surface area contributed by atoms with E-state index in [1.165, 1.54) is 33.5 Å². The van der Waals surface area contributed by atoms with Crippen LogP contribution in [0.1, 0.15) is 24.2 Å². The standard InChI is InChI=1S/C25H21ClN4O5/c1-14-24(13-29)22(30)35-25(14,15-6-5-7-16(26)8-15)34-21(23(24,11-27)12-28)17-9-19(32-3)20(33-4)10-18(17)31-2/h5-10,14,21,30H,1-4H3. The molecule has 4 atom stereocenters. The second-order valence-corrected chi connectivity index (χ2v) is 8.67. The minimum atomic E-state index is -2.18. The van der Waals surface area contributed by atoms with E-state index in [4.69, 9.17) is 40.7 Å². The molecule has 0 aliphatic carbocycles. The van der Waals surface area contributed by atoms with Gasteiger partial charge in [-0.15, -0.1) is 0 Å². The van der Waals surface area contributed by atoms with Gasteiger partial charge < -0.3 is 23.7 Å². The van der Waals surface area contributed by atoms with Crippen LogP contribution in [0.2, 0.25) is 5.02 Å². The highest BCUT2D eigenvalue weighted by atomic mass is 35.5. The van der Waals surface area contributed by atoms with E-state index in [-0.39, 0.29) is 11.3 Å². The highest BCUT2D eigenvalue weighted by Gasteiger charge is 2.80. The number of nitrogens with zero attached hydrogens (tertiary/aromatic N) is 3. The lowest BCUT2D eigenvalue weighted by molar-refractivity contribution is -0.288. The monoisotopic (exact) mass is 492 g/mol. The Kier molecular flexibility index (Phi) is 5.77. The van der Waals surface area contributed by atoms with Crippen LogP contribution in [0.3, 0.4) is 0 Å². The van der Waals surface area contributed by atoms with Gasteiger partial charge in [-0.05, 0) is 18.2 Å². The second kappa shape index (κ2) is 8.36. The Morgan fingerprint density at radius 1 is 0.943 bits per heavy atom. The molecule has 2 aliphatic heterocycles. The molecule has 0 saturated carbocycles. The van der Waals surface area contributed by atoms with Crippen LogP contribution in [0.4, 0.5) is 0 Å². The van der Waals surface area contributed by atoms with Crippen molar-refractivity contribution in [2.75, 3.05) is 21.3 Å². The van der Waals surface area contributed by atoms with Crippen LogP contribution in [-0.4, -0.2) is 27.2 Å². The number of halogens is 1. The van der Waals surface area contributed by atoms with Crippen molar-refractivity contribution in [1.82, 2.24) is 0 Å². The fourth-order valence-electron chi connectivity index (χ4n) is 5.11. The summed E-state index contributed by atoms with van der Waals surface area (Å²) < 4.78 is 28.9. The maximum atomic E-state index is 10.5. The Morgan fingerprint density at radius 2 is 1.57 bits per heavy atom. The third-order valence-electron chi connectivity index (χ3n) is 6.91. The first-order valence-corrected chi connectivity index (χ1v) is 10.9.